The van der Waals surface area contributed by atoms with Gasteiger partial charge in [0.2, 0.25) is 0 Å². The van der Waals surface area contributed by atoms with E-state index in [9.17, 15) is 14.7 Å². The molecule has 192 valence electrons. The first-order chi connectivity index (χ1) is 17.9. The molecule has 1 heterocycles. The molecule has 4 rings (SSSR count). The summed E-state index contributed by atoms with van der Waals surface area (Å²) in [5.74, 6) is 0.0629. The van der Waals surface area contributed by atoms with Crippen LogP contribution >= 0.6 is 0 Å². The van der Waals surface area contributed by atoms with Gasteiger partial charge in [-0.25, -0.2) is 0 Å². The van der Waals surface area contributed by atoms with E-state index in [2.05, 4.69) is 0 Å². The predicted molar refractivity (Wildman–Crippen MR) is 138 cm³/mol. The highest BCUT2D eigenvalue weighted by molar-refractivity contribution is 6.46. The van der Waals surface area contributed by atoms with Crippen LogP contribution in [0.1, 0.15) is 22.7 Å². The molecule has 0 aromatic heterocycles. The van der Waals surface area contributed by atoms with Gasteiger partial charge < -0.3 is 29.0 Å². The second kappa shape index (κ2) is 11.1. The van der Waals surface area contributed by atoms with E-state index in [1.165, 1.54) is 19.1 Å². The van der Waals surface area contributed by atoms with Crippen molar-refractivity contribution in [3.63, 3.8) is 0 Å². The molecule has 1 unspecified atom stereocenters. The zero-order valence-electron chi connectivity index (χ0n) is 21.2. The van der Waals surface area contributed by atoms with Gasteiger partial charge >= 0.3 is 0 Å². The fourth-order valence-electron chi connectivity index (χ4n) is 4.53. The second-order valence-electron chi connectivity index (χ2n) is 8.40. The van der Waals surface area contributed by atoms with Crippen LogP contribution in [-0.2, 0) is 16.0 Å². The minimum atomic E-state index is -0.844. The number of rotatable bonds is 9. The number of methoxy groups -OCH3 is 4. The fourth-order valence-corrected chi connectivity index (χ4v) is 4.53. The third kappa shape index (κ3) is 4.95. The molecule has 0 radical (unpaired) electrons. The highest BCUT2D eigenvalue weighted by Crippen LogP contribution is 2.43. The van der Waals surface area contributed by atoms with Crippen LogP contribution in [0, 0.1) is 0 Å². The molecule has 8 nitrogen and oxygen atoms in total. The Kier molecular flexibility index (Phi) is 7.67. The molecule has 37 heavy (non-hydrogen) atoms. The van der Waals surface area contributed by atoms with E-state index in [1.54, 1.807) is 56.7 Å². The van der Waals surface area contributed by atoms with Crippen molar-refractivity contribution < 1.29 is 33.6 Å². The number of likely N-dealkylation sites (tertiary alicyclic amines) is 1. The van der Waals surface area contributed by atoms with Gasteiger partial charge in [-0.15, -0.1) is 0 Å². The standard InChI is InChI=1S/C29H29NO7/c1-34-20-13-11-18(12-14-20)15-16-30-26(19-7-5-8-21(17-19)35-2)25(28(32)29(30)33)27(31)24-22(36-3)9-6-10-23(24)37-4/h5-14,17,26,31H,15-16H2,1-4H3/b27-25+. The summed E-state index contributed by atoms with van der Waals surface area (Å²) >= 11 is 0. The lowest BCUT2D eigenvalue weighted by molar-refractivity contribution is -0.139. The number of aliphatic hydroxyl groups excluding tert-OH is 1. The lowest BCUT2D eigenvalue weighted by Crippen LogP contribution is -2.31. The second-order valence-corrected chi connectivity index (χ2v) is 8.40. The molecule has 1 N–H and O–H groups in total. The number of carbonyl (C=O) groups is 2. The minimum absolute atomic E-state index is 0.0456. The molecule has 3 aromatic carbocycles. The van der Waals surface area contributed by atoms with Crippen molar-refractivity contribution in [2.24, 2.45) is 0 Å². The van der Waals surface area contributed by atoms with Gasteiger partial charge in [0.15, 0.2) is 0 Å². The van der Waals surface area contributed by atoms with Crippen molar-refractivity contribution in [2.45, 2.75) is 12.5 Å². The number of hydrogen-bond donors (Lipinski definition) is 1. The van der Waals surface area contributed by atoms with Gasteiger partial charge in [0.25, 0.3) is 11.7 Å². The van der Waals surface area contributed by atoms with E-state index in [1.807, 2.05) is 24.3 Å². The quantitative estimate of drug-likeness (QED) is 0.263. The Labute approximate surface area is 215 Å². The Morgan fingerprint density at radius 2 is 1.43 bits per heavy atom. The van der Waals surface area contributed by atoms with Crippen molar-refractivity contribution in [1.82, 2.24) is 4.90 Å². The van der Waals surface area contributed by atoms with E-state index in [0.29, 0.717) is 29.2 Å². The summed E-state index contributed by atoms with van der Waals surface area (Å²) < 4.78 is 21.5. The Morgan fingerprint density at radius 3 is 2.03 bits per heavy atom. The average Bonchev–Trinajstić information content (AvgIpc) is 3.20. The molecule has 1 aliphatic heterocycles. The largest absolute Gasteiger partial charge is 0.506 e. The Bertz CT molecular complexity index is 1310. The van der Waals surface area contributed by atoms with Crippen LogP contribution in [0.3, 0.4) is 0 Å². The number of carbonyl (C=O) groups excluding carboxylic acids is 2. The van der Waals surface area contributed by atoms with Gasteiger partial charge in [-0.1, -0.05) is 30.3 Å². The first kappa shape index (κ1) is 25.6. The number of hydrogen-bond acceptors (Lipinski definition) is 7. The molecule has 0 spiro atoms. The van der Waals surface area contributed by atoms with Crippen molar-refractivity contribution >= 4 is 17.4 Å². The molecule has 1 atom stereocenters. The van der Waals surface area contributed by atoms with Crippen molar-refractivity contribution in [3.8, 4) is 23.0 Å². The monoisotopic (exact) mass is 503 g/mol. The molecule has 1 fully saturated rings. The maximum absolute atomic E-state index is 13.4. The maximum Gasteiger partial charge on any atom is 0.295 e. The molecule has 8 heteroatoms. The summed E-state index contributed by atoms with van der Waals surface area (Å²) in [6, 6.07) is 18.8. The molecule has 0 aliphatic carbocycles. The third-order valence-electron chi connectivity index (χ3n) is 6.41. The average molecular weight is 504 g/mol. The summed E-state index contributed by atoms with van der Waals surface area (Å²) in [5.41, 5.74) is 1.76. The summed E-state index contributed by atoms with van der Waals surface area (Å²) in [5, 5.41) is 11.5. The summed E-state index contributed by atoms with van der Waals surface area (Å²) in [6.07, 6.45) is 0.496. The van der Waals surface area contributed by atoms with E-state index in [-0.39, 0.29) is 23.4 Å². The van der Waals surface area contributed by atoms with Crippen LogP contribution in [0.15, 0.2) is 72.3 Å². The molecular weight excluding hydrogens is 474 g/mol. The Balaban J connectivity index is 1.83. The van der Waals surface area contributed by atoms with Crippen LogP contribution < -0.4 is 18.9 Å². The van der Waals surface area contributed by atoms with Gasteiger partial charge in [-0.3, -0.25) is 9.59 Å². The van der Waals surface area contributed by atoms with Crippen molar-refractivity contribution in [3.05, 3.63) is 89.0 Å². The number of nitrogens with zero attached hydrogens (tertiary/aromatic N) is 1. The number of aliphatic hydroxyl groups is 1. The van der Waals surface area contributed by atoms with Crippen molar-refractivity contribution in [1.29, 1.82) is 0 Å². The molecular formula is C29H29NO7. The van der Waals surface area contributed by atoms with E-state index in [4.69, 9.17) is 18.9 Å². The SMILES string of the molecule is COc1ccc(CCN2C(=O)C(=O)/C(=C(/O)c3c(OC)cccc3OC)C2c2cccc(OC)c2)cc1. The van der Waals surface area contributed by atoms with Gasteiger partial charge in [0.05, 0.1) is 40.1 Å². The van der Waals surface area contributed by atoms with Crippen LogP contribution in [0.4, 0.5) is 0 Å². The number of ketones is 1. The van der Waals surface area contributed by atoms with Gasteiger partial charge in [0.1, 0.15) is 34.3 Å². The Morgan fingerprint density at radius 1 is 0.811 bits per heavy atom. The summed E-state index contributed by atoms with van der Waals surface area (Å²) in [6.45, 7) is 0.249. The minimum Gasteiger partial charge on any atom is -0.506 e. The highest BCUT2D eigenvalue weighted by atomic mass is 16.5. The topological polar surface area (TPSA) is 94.5 Å². The van der Waals surface area contributed by atoms with E-state index in [0.717, 1.165) is 11.3 Å². The first-order valence-corrected chi connectivity index (χ1v) is 11.7. The van der Waals surface area contributed by atoms with Gasteiger partial charge in [-0.2, -0.15) is 0 Å². The molecule has 0 saturated carbocycles. The number of Topliss-reactive ketones (excluding diaryl/α,β-unsaturated/α-hetero) is 1. The van der Waals surface area contributed by atoms with E-state index < -0.39 is 17.7 Å². The predicted octanol–water partition coefficient (Wildman–Crippen LogP) is 4.39. The summed E-state index contributed by atoms with van der Waals surface area (Å²) in [4.78, 5) is 28.2. The Hall–Kier alpha value is -4.46. The van der Waals surface area contributed by atoms with Gasteiger partial charge in [0, 0.05) is 6.54 Å². The molecule has 1 aliphatic rings. The van der Waals surface area contributed by atoms with Crippen LogP contribution in [0.5, 0.6) is 23.0 Å². The molecule has 1 amide bonds. The molecule has 3 aromatic rings. The zero-order chi connectivity index (χ0) is 26.5. The number of amides is 1. The molecule has 1 saturated heterocycles. The number of benzene rings is 3. The third-order valence-corrected chi connectivity index (χ3v) is 6.41. The lowest BCUT2D eigenvalue weighted by atomic mass is 9.94. The zero-order valence-corrected chi connectivity index (χ0v) is 21.2. The van der Waals surface area contributed by atoms with Crippen LogP contribution in [-0.4, -0.2) is 56.7 Å². The van der Waals surface area contributed by atoms with Crippen molar-refractivity contribution in [2.75, 3.05) is 35.0 Å². The smallest absolute Gasteiger partial charge is 0.295 e. The first-order valence-electron chi connectivity index (χ1n) is 11.7. The maximum atomic E-state index is 13.4. The van der Waals surface area contributed by atoms with Crippen LogP contribution in [0.25, 0.3) is 5.76 Å². The highest BCUT2D eigenvalue weighted by Gasteiger charge is 2.46. The summed E-state index contributed by atoms with van der Waals surface area (Å²) in [7, 11) is 6.05. The molecule has 0 bridgehead atoms. The lowest BCUT2D eigenvalue weighted by Gasteiger charge is -2.26. The van der Waals surface area contributed by atoms with E-state index >= 15 is 0 Å². The van der Waals surface area contributed by atoms with Crippen LogP contribution in [0.2, 0.25) is 0 Å². The normalized spacial score (nSPS) is 16.5. The number of ether oxygens (including phenoxy) is 4. The fraction of sp³-hybridized carbons (Fsp3) is 0.241. The van der Waals surface area contributed by atoms with Gasteiger partial charge in [-0.05, 0) is 53.9 Å².